The van der Waals surface area contributed by atoms with Crippen LogP contribution in [0.1, 0.15) is 37.0 Å². The van der Waals surface area contributed by atoms with Gasteiger partial charge in [-0.2, -0.15) is 4.31 Å². The summed E-state index contributed by atoms with van der Waals surface area (Å²) >= 11 is 0. The molecule has 1 aromatic rings. The molecule has 1 heterocycles. The Morgan fingerprint density at radius 3 is 2.54 bits per heavy atom. The highest BCUT2D eigenvalue weighted by atomic mass is 32.2. The number of ether oxygens (including phenoxy) is 1. The number of rotatable bonds is 6. The molecule has 1 amide bonds. The molecule has 6 nitrogen and oxygen atoms in total. The van der Waals surface area contributed by atoms with Crippen LogP contribution in [0.3, 0.4) is 0 Å². The molecule has 1 aliphatic carbocycles. The Morgan fingerprint density at radius 1 is 1.31 bits per heavy atom. The Labute approximate surface area is 154 Å². The molecule has 144 valence electrons. The smallest absolute Gasteiger partial charge is 0.254 e. The molecule has 0 aromatic heterocycles. The summed E-state index contributed by atoms with van der Waals surface area (Å²) in [7, 11) is -3.99. The van der Waals surface area contributed by atoms with E-state index in [1.54, 1.807) is 4.90 Å². The zero-order chi connectivity index (χ0) is 18.9. The second kappa shape index (κ2) is 7.62. The number of morpholine rings is 1. The first-order valence-electron chi connectivity index (χ1n) is 8.99. The monoisotopic (exact) mass is 384 g/mol. The third-order valence-electron chi connectivity index (χ3n) is 4.58. The van der Waals surface area contributed by atoms with E-state index in [2.05, 4.69) is 0 Å². The standard InChI is InChI=1S/C18H25FN2O4S/c1-13(2)12-21(15-4-5-15)18(22)14-3-6-16(19)17(11-14)26(23,24)20-7-9-25-10-8-20/h3,6,11,13,15H,4-5,7-10,12H2,1-2H3. The van der Waals surface area contributed by atoms with Crippen molar-refractivity contribution in [2.45, 2.75) is 37.6 Å². The molecular formula is C18H25FN2O4S. The molecule has 0 bridgehead atoms. The molecule has 8 heteroatoms. The highest BCUT2D eigenvalue weighted by Gasteiger charge is 2.35. The zero-order valence-electron chi connectivity index (χ0n) is 15.2. The van der Waals surface area contributed by atoms with Crippen LogP contribution in [0.15, 0.2) is 23.1 Å². The van der Waals surface area contributed by atoms with Gasteiger partial charge >= 0.3 is 0 Å². The van der Waals surface area contributed by atoms with Crippen LogP contribution in [0, 0.1) is 11.7 Å². The van der Waals surface area contributed by atoms with Crippen molar-refractivity contribution in [3.8, 4) is 0 Å². The number of carbonyl (C=O) groups excluding carboxylic acids is 1. The van der Waals surface area contributed by atoms with Gasteiger partial charge in [-0.1, -0.05) is 13.8 Å². The second-order valence-corrected chi connectivity index (χ2v) is 9.15. The largest absolute Gasteiger partial charge is 0.379 e. The van der Waals surface area contributed by atoms with Crippen molar-refractivity contribution in [2.24, 2.45) is 5.92 Å². The van der Waals surface area contributed by atoms with Crippen LogP contribution in [-0.2, 0) is 14.8 Å². The number of benzene rings is 1. The average Bonchev–Trinajstić information content (AvgIpc) is 3.45. The zero-order valence-corrected chi connectivity index (χ0v) is 16.0. The van der Waals surface area contributed by atoms with Crippen molar-refractivity contribution < 1.29 is 22.3 Å². The van der Waals surface area contributed by atoms with Gasteiger partial charge in [0.2, 0.25) is 10.0 Å². The molecule has 3 rings (SSSR count). The van der Waals surface area contributed by atoms with Gasteiger partial charge < -0.3 is 9.64 Å². The Morgan fingerprint density at radius 2 is 1.96 bits per heavy atom. The number of hydrogen-bond donors (Lipinski definition) is 0. The van der Waals surface area contributed by atoms with Crippen molar-refractivity contribution in [3.05, 3.63) is 29.6 Å². The molecule has 1 saturated heterocycles. The van der Waals surface area contributed by atoms with Crippen molar-refractivity contribution in [3.63, 3.8) is 0 Å². The Hall–Kier alpha value is -1.51. The first-order chi connectivity index (χ1) is 12.3. The number of sulfonamides is 1. The molecule has 1 saturated carbocycles. The van der Waals surface area contributed by atoms with Crippen LogP contribution in [0.4, 0.5) is 4.39 Å². The lowest BCUT2D eigenvalue weighted by atomic mass is 10.1. The van der Waals surface area contributed by atoms with Gasteiger partial charge in [0.25, 0.3) is 5.91 Å². The van der Waals surface area contributed by atoms with E-state index >= 15 is 0 Å². The van der Waals surface area contributed by atoms with Crippen LogP contribution in [0.2, 0.25) is 0 Å². The fourth-order valence-corrected chi connectivity index (χ4v) is 4.60. The van der Waals surface area contributed by atoms with Crippen molar-refractivity contribution in [2.75, 3.05) is 32.8 Å². The summed E-state index contributed by atoms with van der Waals surface area (Å²) in [6, 6.07) is 3.82. The highest BCUT2D eigenvalue weighted by molar-refractivity contribution is 7.89. The van der Waals surface area contributed by atoms with Gasteiger partial charge in [0.1, 0.15) is 10.7 Å². The maximum absolute atomic E-state index is 14.3. The van der Waals surface area contributed by atoms with E-state index in [-0.39, 0.29) is 43.8 Å². The first-order valence-corrected chi connectivity index (χ1v) is 10.4. The quantitative estimate of drug-likeness (QED) is 0.753. The van der Waals surface area contributed by atoms with Gasteiger partial charge in [-0.3, -0.25) is 4.79 Å². The maximum Gasteiger partial charge on any atom is 0.254 e. The van der Waals surface area contributed by atoms with Crippen molar-refractivity contribution >= 4 is 15.9 Å². The highest BCUT2D eigenvalue weighted by Crippen LogP contribution is 2.30. The van der Waals surface area contributed by atoms with E-state index < -0.39 is 20.7 Å². The van der Waals surface area contributed by atoms with Gasteiger partial charge in [0.05, 0.1) is 13.2 Å². The molecule has 0 unspecified atom stereocenters. The van der Waals surface area contributed by atoms with Crippen LogP contribution in [0.5, 0.6) is 0 Å². The maximum atomic E-state index is 14.3. The molecule has 2 fully saturated rings. The van der Waals surface area contributed by atoms with Gasteiger partial charge in [0.15, 0.2) is 0 Å². The predicted molar refractivity (Wildman–Crippen MR) is 94.9 cm³/mol. The summed E-state index contributed by atoms with van der Waals surface area (Å²) in [4.78, 5) is 14.2. The molecule has 1 aliphatic heterocycles. The lowest BCUT2D eigenvalue weighted by Crippen LogP contribution is -2.41. The predicted octanol–water partition coefficient (Wildman–Crippen LogP) is 2.11. The average molecular weight is 384 g/mol. The minimum atomic E-state index is -3.99. The molecule has 26 heavy (non-hydrogen) atoms. The van der Waals surface area contributed by atoms with Gasteiger partial charge in [0, 0.05) is 31.2 Å². The molecule has 0 atom stereocenters. The Balaban J connectivity index is 1.90. The minimum Gasteiger partial charge on any atom is -0.379 e. The lowest BCUT2D eigenvalue weighted by molar-refractivity contribution is 0.0719. The summed E-state index contributed by atoms with van der Waals surface area (Å²) in [5, 5.41) is 0. The molecular weight excluding hydrogens is 359 g/mol. The summed E-state index contributed by atoms with van der Waals surface area (Å²) in [6.45, 7) is 5.59. The van der Waals surface area contributed by atoms with E-state index in [1.165, 1.54) is 16.4 Å². The third kappa shape index (κ3) is 4.07. The number of nitrogens with zero attached hydrogens (tertiary/aromatic N) is 2. The van der Waals surface area contributed by atoms with E-state index in [9.17, 15) is 17.6 Å². The third-order valence-corrected chi connectivity index (χ3v) is 6.49. The van der Waals surface area contributed by atoms with Crippen LogP contribution < -0.4 is 0 Å². The first kappa shape index (κ1) is 19.3. The summed E-state index contributed by atoms with van der Waals surface area (Å²) in [5.74, 6) is -0.772. The number of carbonyl (C=O) groups is 1. The Bertz CT molecular complexity index is 771. The fourth-order valence-electron chi connectivity index (χ4n) is 3.10. The molecule has 2 aliphatic rings. The van der Waals surface area contributed by atoms with E-state index in [0.29, 0.717) is 12.5 Å². The number of hydrogen-bond acceptors (Lipinski definition) is 4. The summed E-state index contributed by atoms with van der Waals surface area (Å²) < 4.78 is 46.2. The minimum absolute atomic E-state index is 0.182. The lowest BCUT2D eigenvalue weighted by Gasteiger charge is -2.27. The number of amides is 1. The van der Waals surface area contributed by atoms with Crippen LogP contribution in [0.25, 0.3) is 0 Å². The molecule has 1 aromatic carbocycles. The van der Waals surface area contributed by atoms with Gasteiger partial charge in [-0.25, -0.2) is 12.8 Å². The SMILES string of the molecule is CC(C)CN(C(=O)c1ccc(F)c(S(=O)(=O)N2CCOCC2)c1)C1CC1. The van der Waals surface area contributed by atoms with Crippen molar-refractivity contribution in [1.82, 2.24) is 9.21 Å². The van der Waals surface area contributed by atoms with E-state index in [0.717, 1.165) is 18.9 Å². The van der Waals surface area contributed by atoms with E-state index in [4.69, 9.17) is 4.74 Å². The molecule has 0 spiro atoms. The molecule has 0 N–H and O–H groups in total. The Kier molecular flexibility index (Phi) is 5.64. The molecule has 0 radical (unpaired) electrons. The van der Waals surface area contributed by atoms with Crippen LogP contribution in [-0.4, -0.2) is 62.4 Å². The van der Waals surface area contributed by atoms with E-state index in [1.807, 2.05) is 13.8 Å². The normalized spacial score (nSPS) is 18.9. The summed E-state index contributed by atoms with van der Waals surface area (Å²) in [5.41, 5.74) is 0.214. The summed E-state index contributed by atoms with van der Waals surface area (Å²) in [6.07, 6.45) is 1.91. The van der Waals surface area contributed by atoms with Gasteiger partial charge in [-0.15, -0.1) is 0 Å². The number of halogens is 1. The second-order valence-electron chi connectivity index (χ2n) is 7.24. The van der Waals surface area contributed by atoms with Gasteiger partial charge in [-0.05, 0) is 37.0 Å². The van der Waals surface area contributed by atoms with Crippen molar-refractivity contribution in [1.29, 1.82) is 0 Å². The van der Waals surface area contributed by atoms with Crippen LogP contribution >= 0.6 is 0 Å². The fraction of sp³-hybridized carbons (Fsp3) is 0.611. The topological polar surface area (TPSA) is 66.9 Å².